The molecule has 0 atom stereocenters. The summed E-state index contributed by atoms with van der Waals surface area (Å²) in [5.74, 6) is -1.30. The van der Waals surface area contributed by atoms with Crippen molar-refractivity contribution in [3.63, 3.8) is 0 Å². The van der Waals surface area contributed by atoms with Crippen molar-refractivity contribution < 1.29 is 24.1 Å². The summed E-state index contributed by atoms with van der Waals surface area (Å²) in [6, 6.07) is 1.56. The van der Waals surface area contributed by atoms with Crippen LogP contribution in [0.4, 0.5) is 5.13 Å². The van der Waals surface area contributed by atoms with E-state index in [0.29, 0.717) is 12.1 Å². The van der Waals surface area contributed by atoms with Crippen molar-refractivity contribution >= 4 is 34.6 Å². The number of anilines is 1. The van der Waals surface area contributed by atoms with Gasteiger partial charge in [-0.15, -0.1) is 11.3 Å². The molecule has 1 amide bonds. The molecule has 2 rings (SSSR count). The molecule has 0 unspecified atom stereocenters. The van der Waals surface area contributed by atoms with Gasteiger partial charge in [-0.25, -0.2) is 9.78 Å². The van der Waals surface area contributed by atoms with Crippen molar-refractivity contribution in [3.05, 3.63) is 29.1 Å². The fourth-order valence-corrected chi connectivity index (χ4v) is 1.82. The lowest BCUT2D eigenvalue weighted by atomic mass is 10.3. The molecule has 0 aliphatic rings. The number of hydrogen-bond acceptors (Lipinski definition) is 8. The van der Waals surface area contributed by atoms with Crippen LogP contribution in [0.25, 0.3) is 0 Å². The summed E-state index contributed by atoms with van der Waals surface area (Å²) < 4.78 is 4.59. The minimum atomic E-state index is -1.30. The van der Waals surface area contributed by atoms with Crippen molar-refractivity contribution in [1.29, 1.82) is 0 Å². The third-order valence-electron chi connectivity index (χ3n) is 1.99. The molecule has 2 aromatic rings. The molecule has 10 heteroatoms. The Morgan fingerprint density at radius 2 is 2.50 bits per heavy atom. The lowest BCUT2D eigenvalue weighted by Crippen LogP contribution is -2.15. The van der Waals surface area contributed by atoms with Gasteiger partial charge >= 0.3 is 5.97 Å². The van der Waals surface area contributed by atoms with Crippen LogP contribution in [0.2, 0.25) is 0 Å². The van der Waals surface area contributed by atoms with Gasteiger partial charge in [0.05, 0.1) is 0 Å². The van der Waals surface area contributed by atoms with E-state index >= 15 is 0 Å². The predicted molar refractivity (Wildman–Crippen MR) is 67.3 cm³/mol. The second-order valence-corrected chi connectivity index (χ2v) is 4.17. The van der Waals surface area contributed by atoms with E-state index in [2.05, 4.69) is 25.1 Å². The van der Waals surface area contributed by atoms with E-state index in [4.69, 9.17) is 9.94 Å². The van der Waals surface area contributed by atoms with Gasteiger partial charge in [0, 0.05) is 11.4 Å². The number of carboxylic acid groups (broad SMARTS) is 1. The molecule has 0 fully saturated rings. The molecule has 0 aromatic carbocycles. The first-order valence-corrected chi connectivity index (χ1v) is 6.07. The molecule has 0 aliphatic carbocycles. The Morgan fingerprint density at radius 3 is 3.15 bits per heavy atom. The van der Waals surface area contributed by atoms with Crippen LogP contribution in [0.5, 0.6) is 0 Å². The van der Waals surface area contributed by atoms with Crippen molar-refractivity contribution in [2.75, 3.05) is 5.32 Å². The standard InChI is InChI=1S/C10H8N4O5S/c15-5-11-10-12-7(4-20-10)8(9(16)17)14-19-3-6-1-2-18-13-6/h1-2,4-5H,3H2,(H,16,17)(H,11,12,15)/b14-8+. The van der Waals surface area contributed by atoms with Crippen LogP contribution in [0, 0.1) is 0 Å². The number of thiazole rings is 1. The number of carbonyl (C=O) groups is 2. The molecule has 2 heterocycles. The van der Waals surface area contributed by atoms with Crippen molar-refractivity contribution in [2.45, 2.75) is 6.61 Å². The molecule has 0 saturated carbocycles. The zero-order valence-electron chi connectivity index (χ0n) is 9.85. The summed E-state index contributed by atoms with van der Waals surface area (Å²) in [6.45, 7) is -0.0309. The van der Waals surface area contributed by atoms with Gasteiger partial charge in [-0.05, 0) is 0 Å². The second-order valence-electron chi connectivity index (χ2n) is 3.31. The monoisotopic (exact) mass is 296 g/mol. The molecule has 0 radical (unpaired) electrons. The van der Waals surface area contributed by atoms with Crippen LogP contribution in [0.15, 0.2) is 27.4 Å². The third-order valence-corrected chi connectivity index (χ3v) is 2.76. The number of hydrogen-bond donors (Lipinski definition) is 2. The van der Waals surface area contributed by atoms with Crippen LogP contribution < -0.4 is 5.32 Å². The van der Waals surface area contributed by atoms with E-state index in [1.54, 1.807) is 6.07 Å². The molecular weight excluding hydrogens is 288 g/mol. The SMILES string of the molecule is O=CNc1nc(/C(=N\OCc2ccon2)C(=O)O)cs1. The Morgan fingerprint density at radius 1 is 1.65 bits per heavy atom. The Balaban J connectivity index is 2.08. The molecule has 20 heavy (non-hydrogen) atoms. The number of carboxylic acids is 1. The normalized spacial score (nSPS) is 11.1. The number of aliphatic carboxylic acids is 1. The van der Waals surface area contributed by atoms with Crippen LogP contribution in [-0.4, -0.2) is 33.3 Å². The molecule has 2 N–H and O–H groups in total. The van der Waals surface area contributed by atoms with Gasteiger partial charge in [0.15, 0.2) is 11.7 Å². The van der Waals surface area contributed by atoms with Crippen LogP contribution in [-0.2, 0) is 21.0 Å². The fourth-order valence-electron chi connectivity index (χ4n) is 1.17. The Labute approximate surface area is 115 Å². The van der Waals surface area contributed by atoms with Gasteiger partial charge in [0.2, 0.25) is 12.1 Å². The number of rotatable bonds is 7. The number of nitrogens with one attached hydrogen (secondary N) is 1. The van der Waals surface area contributed by atoms with E-state index in [-0.39, 0.29) is 23.1 Å². The molecular formula is C10H8N4O5S. The summed E-state index contributed by atoms with van der Waals surface area (Å²) in [7, 11) is 0. The smallest absolute Gasteiger partial charge is 0.360 e. The second kappa shape index (κ2) is 6.43. The lowest BCUT2D eigenvalue weighted by molar-refractivity contribution is -0.129. The summed E-state index contributed by atoms with van der Waals surface area (Å²) in [4.78, 5) is 30.1. The first kappa shape index (κ1) is 13.7. The molecule has 9 nitrogen and oxygen atoms in total. The maximum Gasteiger partial charge on any atom is 0.360 e. The third kappa shape index (κ3) is 3.38. The van der Waals surface area contributed by atoms with Gasteiger partial charge < -0.3 is 19.8 Å². The zero-order valence-corrected chi connectivity index (χ0v) is 10.7. The van der Waals surface area contributed by atoms with E-state index in [9.17, 15) is 9.59 Å². The first-order chi connectivity index (χ1) is 9.70. The minimum absolute atomic E-state index is 0.0309. The Hall–Kier alpha value is -2.75. The summed E-state index contributed by atoms with van der Waals surface area (Å²) >= 11 is 1.07. The van der Waals surface area contributed by atoms with Gasteiger partial charge in [-0.3, -0.25) is 4.79 Å². The molecule has 0 bridgehead atoms. The summed E-state index contributed by atoms with van der Waals surface area (Å²) in [5.41, 5.74) is 0.191. The molecule has 2 aromatic heterocycles. The Bertz CT molecular complexity index is 621. The highest BCUT2D eigenvalue weighted by molar-refractivity contribution is 7.14. The van der Waals surface area contributed by atoms with E-state index in [1.807, 2.05) is 0 Å². The zero-order chi connectivity index (χ0) is 14.4. The topological polar surface area (TPSA) is 127 Å². The summed E-state index contributed by atoms with van der Waals surface area (Å²) in [5, 5.41) is 20.2. The average molecular weight is 296 g/mol. The minimum Gasteiger partial charge on any atom is -0.476 e. The molecule has 0 spiro atoms. The molecule has 0 saturated heterocycles. The molecule has 104 valence electrons. The van der Waals surface area contributed by atoms with Crippen molar-refractivity contribution in [1.82, 2.24) is 10.1 Å². The predicted octanol–water partition coefficient (Wildman–Crippen LogP) is 0.705. The Kier molecular flexibility index (Phi) is 4.39. The highest BCUT2D eigenvalue weighted by Crippen LogP contribution is 2.15. The fraction of sp³-hybridized carbons (Fsp3) is 0.100. The quantitative estimate of drug-likeness (QED) is 0.437. The number of carbonyl (C=O) groups excluding carboxylic acids is 1. The van der Waals surface area contributed by atoms with Gasteiger partial charge in [-0.1, -0.05) is 10.3 Å². The summed E-state index contributed by atoms with van der Waals surface area (Å²) in [6.07, 6.45) is 1.81. The number of aromatic nitrogens is 2. The van der Waals surface area contributed by atoms with Crippen molar-refractivity contribution in [2.24, 2.45) is 5.16 Å². The number of amides is 1. The number of oxime groups is 1. The maximum absolute atomic E-state index is 11.1. The van der Waals surface area contributed by atoms with Gasteiger partial charge in [-0.2, -0.15) is 0 Å². The van der Waals surface area contributed by atoms with E-state index in [0.717, 1.165) is 11.3 Å². The maximum atomic E-state index is 11.1. The van der Waals surface area contributed by atoms with E-state index in [1.165, 1.54) is 11.6 Å². The van der Waals surface area contributed by atoms with Crippen molar-refractivity contribution in [3.8, 4) is 0 Å². The van der Waals surface area contributed by atoms with E-state index < -0.39 is 5.97 Å². The van der Waals surface area contributed by atoms with Crippen LogP contribution >= 0.6 is 11.3 Å². The first-order valence-electron chi connectivity index (χ1n) is 5.19. The highest BCUT2D eigenvalue weighted by atomic mass is 32.1. The lowest BCUT2D eigenvalue weighted by Gasteiger charge is -1.98. The van der Waals surface area contributed by atoms with Crippen LogP contribution in [0.3, 0.4) is 0 Å². The highest BCUT2D eigenvalue weighted by Gasteiger charge is 2.17. The average Bonchev–Trinajstić information content (AvgIpc) is 3.06. The van der Waals surface area contributed by atoms with Gasteiger partial charge in [0.1, 0.15) is 17.7 Å². The molecule has 0 aliphatic heterocycles. The van der Waals surface area contributed by atoms with Crippen LogP contribution in [0.1, 0.15) is 11.4 Å². The largest absolute Gasteiger partial charge is 0.476 e. The number of nitrogens with zero attached hydrogens (tertiary/aromatic N) is 3. The van der Waals surface area contributed by atoms with Gasteiger partial charge in [0.25, 0.3) is 0 Å².